The zero-order valence-corrected chi connectivity index (χ0v) is 14.3. The molecule has 122 valence electrons. The van der Waals surface area contributed by atoms with E-state index in [1.807, 2.05) is 49.4 Å². The molecule has 0 aliphatic carbocycles. The predicted octanol–water partition coefficient (Wildman–Crippen LogP) is 6.32. The number of pyridine rings is 1. The van der Waals surface area contributed by atoms with Crippen molar-refractivity contribution in [3.63, 3.8) is 0 Å². The van der Waals surface area contributed by atoms with Gasteiger partial charge in [-0.2, -0.15) is 0 Å². The molecule has 0 N–H and O–H groups in total. The van der Waals surface area contributed by atoms with Gasteiger partial charge in [-0.1, -0.05) is 54.1 Å². The number of halogens is 1. The van der Waals surface area contributed by atoms with Gasteiger partial charge < -0.3 is 0 Å². The predicted molar refractivity (Wildman–Crippen MR) is 102 cm³/mol. The summed E-state index contributed by atoms with van der Waals surface area (Å²) in [7, 11) is 0. The molecule has 4 rings (SSSR count). The summed E-state index contributed by atoms with van der Waals surface area (Å²) in [5.41, 5.74) is 6.31. The number of aromatic nitrogens is 1. The molecule has 0 amide bonds. The van der Waals surface area contributed by atoms with Gasteiger partial charge in [0.2, 0.25) is 0 Å². The highest BCUT2D eigenvalue weighted by Gasteiger charge is 2.16. The van der Waals surface area contributed by atoms with Crippen LogP contribution in [0.3, 0.4) is 0 Å². The van der Waals surface area contributed by atoms with Gasteiger partial charge in [-0.05, 0) is 49.2 Å². The van der Waals surface area contributed by atoms with Crippen molar-refractivity contribution in [3.05, 3.63) is 89.7 Å². The number of nitrogens with zero attached hydrogens (tertiary/aromatic N) is 1. The molecular weight excluding hydrogens is 309 g/mol. The number of hydrogen-bond acceptors (Lipinski definition) is 1. The van der Waals surface area contributed by atoms with E-state index in [4.69, 9.17) is 4.98 Å². The van der Waals surface area contributed by atoms with Crippen LogP contribution in [0.2, 0.25) is 0 Å². The first-order valence-electron chi connectivity index (χ1n) is 8.36. The van der Waals surface area contributed by atoms with E-state index < -0.39 is 0 Å². The van der Waals surface area contributed by atoms with Gasteiger partial charge in [0.15, 0.2) is 0 Å². The molecule has 0 aliphatic heterocycles. The lowest BCUT2D eigenvalue weighted by Gasteiger charge is -2.14. The number of fused-ring (bicyclic) bond motifs is 1. The third-order valence-corrected chi connectivity index (χ3v) is 4.54. The molecule has 3 aromatic carbocycles. The van der Waals surface area contributed by atoms with E-state index in [1.165, 1.54) is 6.07 Å². The number of hydrogen-bond donors (Lipinski definition) is 0. The van der Waals surface area contributed by atoms with Crippen LogP contribution in [-0.4, -0.2) is 4.98 Å². The van der Waals surface area contributed by atoms with Gasteiger partial charge in [0, 0.05) is 16.5 Å². The number of para-hydroxylation sites is 1. The Labute approximate surface area is 146 Å². The highest BCUT2D eigenvalue weighted by atomic mass is 19.1. The van der Waals surface area contributed by atoms with Gasteiger partial charge in [-0.25, -0.2) is 9.37 Å². The molecule has 0 unspecified atom stereocenters. The molecule has 2 heteroatoms. The minimum Gasteiger partial charge on any atom is -0.247 e. The molecule has 0 aliphatic rings. The van der Waals surface area contributed by atoms with Crippen LogP contribution < -0.4 is 0 Å². The SMILES string of the molecule is Cc1ccc(F)c(-c2nc3ccccc3cc2-c2ccccc2C)c1. The first-order valence-corrected chi connectivity index (χ1v) is 8.36. The van der Waals surface area contributed by atoms with Crippen LogP contribution in [0.25, 0.3) is 33.3 Å². The smallest absolute Gasteiger partial charge is 0.132 e. The third kappa shape index (κ3) is 2.80. The average Bonchev–Trinajstić information content (AvgIpc) is 2.63. The second-order valence-corrected chi connectivity index (χ2v) is 6.38. The fourth-order valence-corrected chi connectivity index (χ4v) is 3.22. The highest BCUT2D eigenvalue weighted by Crippen LogP contribution is 2.36. The maximum Gasteiger partial charge on any atom is 0.132 e. The normalized spacial score (nSPS) is 11.0. The van der Waals surface area contributed by atoms with Crippen LogP contribution >= 0.6 is 0 Å². The van der Waals surface area contributed by atoms with E-state index in [-0.39, 0.29) is 5.82 Å². The number of aryl methyl sites for hydroxylation is 2. The quantitative estimate of drug-likeness (QED) is 0.419. The summed E-state index contributed by atoms with van der Waals surface area (Å²) < 4.78 is 14.6. The summed E-state index contributed by atoms with van der Waals surface area (Å²) in [6.45, 7) is 4.04. The monoisotopic (exact) mass is 327 g/mol. The minimum atomic E-state index is -0.247. The van der Waals surface area contributed by atoms with Crippen LogP contribution in [-0.2, 0) is 0 Å². The van der Waals surface area contributed by atoms with Crippen LogP contribution in [0, 0.1) is 19.7 Å². The van der Waals surface area contributed by atoms with Crippen molar-refractivity contribution >= 4 is 10.9 Å². The van der Waals surface area contributed by atoms with Crippen molar-refractivity contribution < 1.29 is 4.39 Å². The lowest BCUT2D eigenvalue weighted by Crippen LogP contribution is -1.95. The highest BCUT2D eigenvalue weighted by molar-refractivity contribution is 5.92. The minimum absolute atomic E-state index is 0.247. The van der Waals surface area contributed by atoms with E-state index in [2.05, 4.69) is 25.1 Å². The molecule has 0 spiro atoms. The Kier molecular flexibility index (Phi) is 3.81. The molecule has 4 aromatic rings. The van der Waals surface area contributed by atoms with Gasteiger partial charge >= 0.3 is 0 Å². The van der Waals surface area contributed by atoms with Gasteiger partial charge in [0.05, 0.1) is 11.2 Å². The van der Waals surface area contributed by atoms with Gasteiger partial charge in [0.25, 0.3) is 0 Å². The molecule has 0 radical (unpaired) electrons. The standard InChI is InChI=1S/C23H18FN/c1-15-11-12-21(24)20(13-15)23-19(18-9-5-3-7-16(18)2)14-17-8-4-6-10-22(17)25-23/h3-14H,1-2H3. The zero-order valence-electron chi connectivity index (χ0n) is 14.3. The third-order valence-electron chi connectivity index (χ3n) is 4.54. The van der Waals surface area contributed by atoms with Gasteiger partial charge in [-0.15, -0.1) is 0 Å². The van der Waals surface area contributed by atoms with Crippen molar-refractivity contribution in [2.75, 3.05) is 0 Å². The first kappa shape index (κ1) is 15.5. The second-order valence-electron chi connectivity index (χ2n) is 6.38. The Morgan fingerprint density at radius 2 is 1.48 bits per heavy atom. The number of benzene rings is 3. The zero-order chi connectivity index (χ0) is 17.4. The summed E-state index contributed by atoms with van der Waals surface area (Å²) in [5.74, 6) is -0.247. The summed E-state index contributed by atoms with van der Waals surface area (Å²) >= 11 is 0. The second kappa shape index (κ2) is 6.14. The molecule has 0 fully saturated rings. The van der Waals surface area contributed by atoms with Crippen molar-refractivity contribution in [3.8, 4) is 22.4 Å². The summed E-state index contributed by atoms with van der Waals surface area (Å²) in [6, 6.07) is 23.4. The van der Waals surface area contributed by atoms with Crippen LogP contribution in [0.1, 0.15) is 11.1 Å². The fourth-order valence-electron chi connectivity index (χ4n) is 3.22. The largest absolute Gasteiger partial charge is 0.247 e. The molecule has 0 bridgehead atoms. The summed E-state index contributed by atoms with van der Waals surface area (Å²) in [5, 5.41) is 1.05. The molecule has 1 nitrogen and oxygen atoms in total. The van der Waals surface area contributed by atoms with E-state index in [0.29, 0.717) is 11.3 Å². The fraction of sp³-hybridized carbons (Fsp3) is 0.0870. The van der Waals surface area contributed by atoms with Gasteiger partial charge in [0.1, 0.15) is 5.82 Å². The van der Waals surface area contributed by atoms with Crippen molar-refractivity contribution in [2.24, 2.45) is 0 Å². The van der Waals surface area contributed by atoms with E-state index >= 15 is 0 Å². The van der Waals surface area contributed by atoms with Crippen molar-refractivity contribution in [2.45, 2.75) is 13.8 Å². The number of rotatable bonds is 2. The molecule has 25 heavy (non-hydrogen) atoms. The summed E-state index contributed by atoms with van der Waals surface area (Å²) in [4.78, 5) is 4.82. The topological polar surface area (TPSA) is 12.9 Å². The lowest BCUT2D eigenvalue weighted by molar-refractivity contribution is 0.630. The van der Waals surface area contributed by atoms with E-state index in [1.54, 1.807) is 6.07 Å². The summed E-state index contributed by atoms with van der Waals surface area (Å²) in [6.07, 6.45) is 0. The maximum absolute atomic E-state index is 14.6. The molecular formula is C23H18FN. The molecule has 0 saturated heterocycles. The van der Waals surface area contributed by atoms with Crippen molar-refractivity contribution in [1.82, 2.24) is 4.98 Å². The molecule has 1 heterocycles. The average molecular weight is 327 g/mol. The van der Waals surface area contributed by atoms with Crippen LogP contribution in [0.4, 0.5) is 4.39 Å². The lowest BCUT2D eigenvalue weighted by atomic mass is 9.94. The molecule has 1 aromatic heterocycles. The Hall–Kier alpha value is -3.00. The Bertz CT molecular complexity index is 1080. The van der Waals surface area contributed by atoms with Gasteiger partial charge in [-0.3, -0.25) is 0 Å². The molecule has 0 saturated carbocycles. The Balaban J connectivity index is 2.10. The maximum atomic E-state index is 14.6. The van der Waals surface area contributed by atoms with E-state index in [9.17, 15) is 4.39 Å². The van der Waals surface area contributed by atoms with Crippen molar-refractivity contribution in [1.29, 1.82) is 0 Å². The van der Waals surface area contributed by atoms with E-state index in [0.717, 1.165) is 33.2 Å². The first-order chi connectivity index (χ1) is 12.1. The Morgan fingerprint density at radius 3 is 2.32 bits per heavy atom. The Morgan fingerprint density at radius 1 is 0.720 bits per heavy atom. The van der Waals surface area contributed by atoms with Crippen LogP contribution in [0.5, 0.6) is 0 Å². The molecule has 0 atom stereocenters. The van der Waals surface area contributed by atoms with Crippen LogP contribution in [0.15, 0.2) is 72.8 Å².